The highest BCUT2D eigenvalue weighted by atomic mass is 35.5. The van der Waals surface area contributed by atoms with E-state index in [1.807, 2.05) is 17.7 Å². The summed E-state index contributed by atoms with van der Waals surface area (Å²) in [4.78, 5) is 8.53. The second-order valence-corrected chi connectivity index (χ2v) is 4.29. The molecule has 0 amide bonds. The van der Waals surface area contributed by atoms with Gasteiger partial charge in [0.1, 0.15) is 5.82 Å². The van der Waals surface area contributed by atoms with E-state index in [1.54, 1.807) is 17.5 Å². The molecule has 0 saturated heterocycles. The van der Waals surface area contributed by atoms with Gasteiger partial charge in [0, 0.05) is 17.8 Å². The summed E-state index contributed by atoms with van der Waals surface area (Å²) >= 11 is 7.41. The number of nitrogens with zero attached hydrogens (tertiary/aromatic N) is 3. The normalized spacial score (nSPS) is 10.7. The van der Waals surface area contributed by atoms with E-state index in [0.717, 1.165) is 23.1 Å². The van der Waals surface area contributed by atoms with Gasteiger partial charge in [-0.2, -0.15) is 0 Å². The summed E-state index contributed by atoms with van der Waals surface area (Å²) in [7, 11) is 0. The molecular formula is C9H10ClN3S. The van der Waals surface area contributed by atoms with Crippen molar-refractivity contribution >= 4 is 22.9 Å². The van der Waals surface area contributed by atoms with Gasteiger partial charge in [0.25, 0.3) is 0 Å². The maximum atomic E-state index is 5.74. The summed E-state index contributed by atoms with van der Waals surface area (Å²) in [6.07, 6.45) is 3.68. The number of aryl methyl sites for hydroxylation is 1. The van der Waals surface area contributed by atoms with Crippen LogP contribution in [0.4, 0.5) is 0 Å². The van der Waals surface area contributed by atoms with Crippen LogP contribution in [0.25, 0.3) is 0 Å². The smallest absolute Gasteiger partial charge is 0.123 e. The molecule has 0 spiro atoms. The molecule has 0 atom stereocenters. The molecule has 5 heteroatoms. The molecule has 0 aliphatic rings. The quantitative estimate of drug-likeness (QED) is 0.755. The Morgan fingerprint density at radius 2 is 2.43 bits per heavy atom. The number of imidazole rings is 1. The van der Waals surface area contributed by atoms with Crippen molar-refractivity contribution in [2.45, 2.75) is 19.3 Å². The second-order valence-electron chi connectivity index (χ2n) is 2.96. The van der Waals surface area contributed by atoms with Gasteiger partial charge in [-0.1, -0.05) is 0 Å². The number of hydrogen-bond donors (Lipinski definition) is 0. The van der Waals surface area contributed by atoms with Crippen molar-refractivity contribution < 1.29 is 0 Å². The van der Waals surface area contributed by atoms with Crippen molar-refractivity contribution in [3.8, 4) is 0 Å². The molecule has 2 aromatic rings. The molecule has 2 heterocycles. The van der Waals surface area contributed by atoms with E-state index < -0.39 is 0 Å². The first-order valence-corrected chi connectivity index (χ1v) is 5.68. The lowest BCUT2D eigenvalue weighted by molar-refractivity contribution is 0.739. The Hall–Kier alpha value is -0.870. The molecule has 0 radical (unpaired) electrons. The zero-order valence-electron chi connectivity index (χ0n) is 7.77. The maximum absolute atomic E-state index is 5.74. The standard InChI is InChI=1S/C9H10ClN3S/c1-7-12-8(6-14-7)5-13-3-2-11-9(13)4-10/h2-3,6H,4-5H2,1H3. The topological polar surface area (TPSA) is 30.7 Å². The molecule has 2 aromatic heterocycles. The lowest BCUT2D eigenvalue weighted by Crippen LogP contribution is -2.02. The predicted octanol–water partition coefficient (Wildman–Crippen LogP) is 2.44. The van der Waals surface area contributed by atoms with Crippen LogP contribution in [0, 0.1) is 6.92 Å². The number of aromatic nitrogens is 3. The molecule has 0 fully saturated rings. The Labute approximate surface area is 91.4 Å². The van der Waals surface area contributed by atoms with E-state index in [1.165, 1.54) is 0 Å². The highest BCUT2D eigenvalue weighted by Gasteiger charge is 2.03. The van der Waals surface area contributed by atoms with Gasteiger partial charge in [-0.25, -0.2) is 9.97 Å². The lowest BCUT2D eigenvalue weighted by atomic mass is 10.4. The maximum Gasteiger partial charge on any atom is 0.123 e. The molecule has 0 N–H and O–H groups in total. The number of halogens is 1. The van der Waals surface area contributed by atoms with E-state index in [4.69, 9.17) is 11.6 Å². The van der Waals surface area contributed by atoms with Crippen molar-refractivity contribution in [2.24, 2.45) is 0 Å². The molecule has 14 heavy (non-hydrogen) atoms. The van der Waals surface area contributed by atoms with Crippen LogP contribution in [0.3, 0.4) is 0 Å². The molecule has 74 valence electrons. The van der Waals surface area contributed by atoms with Crippen LogP contribution in [0.15, 0.2) is 17.8 Å². The summed E-state index contributed by atoms with van der Waals surface area (Å²) in [6, 6.07) is 0. The van der Waals surface area contributed by atoms with Crippen LogP contribution in [-0.2, 0) is 12.4 Å². The van der Waals surface area contributed by atoms with Gasteiger partial charge >= 0.3 is 0 Å². The molecular weight excluding hydrogens is 218 g/mol. The van der Waals surface area contributed by atoms with Gasteiger partial charge < -0.3 is 4.57 Å². The van der Waals surface area contributed by atoms with E-state index in [0.29, 0.717) is 5.88 Å². The number of thiazole rings is 1. The van der Waals surface area contributed by atoms with Gasteiger partial charge in [-0.15, -0.1) is 22.9 Å². The Morgan fingerprint density at radius 3 is 3.07 bits per heavy atom. The van der Waals surface area contributed by atoms with Gasteiger partial charge in [0.15, 0.2) is 0 Å². The Kier molecular flexibility index (Phi) is 2.84. The summed E-state index contributed by atoms with van der Waals surface area (Å²) in [5, 5.41) is 3.15. The highest BCUT2D eigenvalue weighted by molar-refractivity contribution is 7.09. The van der Waals surface area contributed by atoms with Gasteiger partial charge in [-0.3, -0.25) is 0 Å². The Balaban J connectivity index is 2.18. The zero-order chi connectivity index (χ0) is 9.97. The zero-order valence-corrected chi connectivity index (χ0v) is 9.35. The minimum Gasteiger partial charge on any atom is -0.328 e. The third-order valence-corrected chi connectivity index (χ3v) is 2.98. The van der Waals surface area contributed by atoms with Crippen LogP contribution >= 0.6 is 22.9 Å². The van der Waals surface area contributed by atoms with Gasteiger partial charge in [0.05, 0.1) is 23.1 Å². The van der Waals surface area contributed by atoms with E-state index in [-0.39, 0.29) is 0 Å². The highest BCUT2D eigenvalue weighted by Crippen LogP contribution is 2.11. The monoisotopic (exact) mass is 227 g/mol. The summed E-state index contributed by atoms with van der Waals surface area (Å²) in [5.74, 6) is 1.33. The minimum atomic E-state index is 0.441. The molecule has 0 unspecified atom stereocenters. The summed E-state index contributed by atoms with van der Waals surface area (Å²) in [5.41, 5.74) is 1.07. The first-order chi connectivity index (χ1) is 6.79. The van der Waals surface area contributed by atoms with Crippen LogP contribution in [0.2, 0.25) is 0 Å². The van der Waals surface area contributed by atoms with Crippen LogP contribution in [0.5, 0.6) is 0 Å². The van der Waals surface area contributed by atoms with Crippen molar-refractivity contribution in [3.63, 3.8) is 0 Å². The SMILES string of the molecule is Cc1nc(Cn2ccnc2CCl)cs1. The van der Waals surface area contributed by atoms with Gasteiger partial charge in [-0.05, 0) is 6.92 Å². The van der Waals surface area contributed by atoms with Crippen molar-refractivity contribution in [2.75, 3.05) is 0 Å². The number of hydrogen-bond acceptors (Lipinski definition) is 3. The molecule has 3 nitrogen and oxygen atoms in total. The van der Waals surface area contributed by atoms with Gasteiger partial charge in [0.2, 0.25) is 0 Å². The average molecular weight is 228 g/mol. The molecule has 0 bridgehead atoms. The minimum absolute atomic E-state index is 0.441. The lowest BCUT2D eigenvalue weighted by Gasteiger charge is -2.02. The fraction of sp³-hybridized carbons (Fsp3) is 0.333. The van der Waals surface area contributed by atoms with E-state index >= 15 is 0 Å². The van der Waals surface area contributed by atoms with Crippen LogP contribution in [-0.4, -0.2) is 14.5 Å². The Morgan fingerprint density at radius 1 is 1.57 bits per heavy atom. The first-order valence-electron chi connectivity index (χ1n) is 4.26. The number of rotatable bonds is 3. The molecule has 0 aromatic carbocycles. The fourth-order valence-corrected chi connectivity index (χ4v) is 2.10. The largest absolute Gasteiger partial charge is 0.328 e. The molecule has 2 rings (SSSR count). The average Bonchev–Trinajstić information content (AvgIpc) is 2.76. The number of alkyl halides is 1. The molecule has 0 aliphatic carbocycles. The van der Waals surface area contributed by atoms with Crippen LogP contribution in [0.1, 0.15) is 16.5 Å². The second kappa shape index (κ2) is 4.11. The van der Waals surface area contributed by atoms with Crippen molar-refractivity contribution in [3.05, 3.63) is 34.3 Å². The van der Waals surface area contributed by atoms with Crippen molar-refractivity contribution in [1.29, 1.82) is 0 Å². The van der Waals surface area contributed by atoms with Crippen molar-refractivity contribution in [1.82, 2.24) is 14.5 Å². The Bertz CT molecular complexity index is 421. The summed E-state index contributed by atoms with van der Waals surface area (Å²) < 4.78 is 2.02. The van der Waals surface area contributed by atoms with E-state index in [2.05, 4.69) is 15.3 Å². The fourth-order valence-electron chi connectivity index (χ4n) is 1.27. The van der Waals surface area contributed by atoms with E-state index in [9.17, 15) is 0 Å². The third kappa shape index (κ3) is 1.96. The molecule has 0 saturated carbocycles. The summed E-state index contributed by atoms with van der Waals surface area (Å²) in [6.45, 7) is 2.76. The molecule has 0 aliphatic heterocycles. The van der Waals surface area contributed by atoms with Crippen LogP contribution < -0.4 is 0 Å². The third-order valence-electron chi connectivity index (χ3n) is 1.92. The predicted molar refractivity (Wildman–Crippen MR) is 57.7 cm³/mol. The first kappa shape index (κ1) is 9.68.